The average molecular weight is 602 g/mol. The molecule has 1 fully saturated rings. The number of rotatable bonds is 12. The monoisotopic (exact) mass is 600 g/mol. The third-order valence-electron chi connectivity index (χ3n) is 6.51. The van der Waals surface area contributed by atoms with Gasteiger partial charge < -0.3 is 19.5 Å². The highest BCUT2D eigenvalue weighted by molar-refractivity contribution is 7.13. The lowest BCUT2D eigenvalue weighted by Gasteiger charge is -2.21. The van der Waals surface area contributed by atoms with Crippen molar-refractivity contribution in [1.29, 1.82) is 0 Å². The molecule has 1 aliphatic carbocycles. The normalized spacial score (nSPS) is 13.5. The largest absolute Gasteiger partial charge is 0.493 e. The predicted octanol–water partition coefficient (Wildman–Crippen LogP) is 8.14. The van der Waals surface area contributed by atoms with Crippen molar-refractivity contribution in [2.45, 2.75) is 31.9 Å². The number of carbonyl (C=O) groups excluding carboxylic acids is 1. The first kappa shape index (κ1) is 28.2. The zero-order chi connectivity index (χ0) is 28.1. The first-order chi connectivity index (χ1) is 19.4. The summed E-state index contributed by atoms with van der Waals surface area (Å²) in [5.41, 5.74) is 1.72. The lowest BCUT2D eigenvalue weighted by molar-refractivity contribution is 0.0302. The molecule has 0 unspecified atom stereocenters. The number of thiophene rings is 1. The molecule has 1 atom stereocenters. The van der Waals surface area contributed by atoms with Gasteiger partial charge >= 0.3 is 5.97 Å². The van der Waals surface area contributed by atoms with Crippen LogP contribution in [0.4, 0.5) is 10.1 Å². The molecule has 208 valence electrons. The van der Waals surface area contributed by atoms with Gasteiger partial charge in [-0.1, -0.05) is 41.4 Å². The molecule has 0 aliphatic heterocycles. The smallest absolute Gasteiger partial charge is 0.348 e. The number of anilines is 1. The highest BCUT2D eigenvalue weighted by Gasteiger charge is 2.26. The summed E-state index contributed by atoms with van der Waals surface area (Å²) in [6, 6.07) is 15.4. The number of nitrogens with zero attached hydrogens (tertiary/aromatic N) is 1. The van der Waals surface area contributed by atoms with Crippen molar-refractivity contribution < 1.29 is 23.4 Å². The molecule has 0 spiro atoms. The van der Waals surface area contributed by atoms with Crippen molar-refractivity contribution in [1.82, 2.24) is 4.98 Å². The molecule has 0 bridgehead atoms. The summed E-state index contributed by atoms with van der Waals surface area (Å²) in [7, 11) is 1.59. The first-order valence-electron chi connectivity index (χ1n) is 12.8. The van der Waals surface area contributed by atoms with E-state index >= 15 is 0 Å². The van der Waals surface area contributed by atoms with Gasteiger partial charge in [-0.05, 0) is 66.3 Å². The fourth-order valence-corrected chi connectivity index (χ4v) is 5.45. The lowest BCUT2D eigenvalue weighted by Crippen LogP contribution is -2.14. The van der Waals surface area contributed by atoms with Crippen molar-refractivity contribution in [2.24, 2.45) is 5.92 Å². The molecule has 1 saturated carbocycles. The number of halogens is 3. The molecule has 10 heteroatoms. The van der Waals surface area contributed by atoms with Crippen LogP contribution in [0.15, 0.2) is 67.0 Å². The van der Waals surface area contributed by atoms with Crippen LogP contribution in [-0.4, -0.2) is 24.7 Å². The third-order valence-corrected chi connectivity index (χ3v) is 8.23. The molecule has 2 aromatic carbocycles. The number of para-hydroxylation sites is 1. The molecular formula is C30H27Cl2FN2O4S. The minimum absolute atomic E-state index is 0.230. The molecule has 0 saturated heterocycles. The first-order valence-corrected chi connectivity index (χ1v) is 14.3. The number of ether oxygens (including phenoxy) is 3. The van der Waals surface area contributed by atoms with Crippen molar-refractivity contribution in [3.8, 4) is 11.5 Å². The van der Waals surface area contributed by atoms with E-state index in [1.807, 2.05) is 18.2 Å². The van der Waals surface area contributed by atoms with E-state index in [0.29, 0.717) is 62.3 Å². The van der Waals surface area contributed by atoms with Crippen LogP contribution in [0, 0.1) is 11.7 Å². The highest BCUT2D eigenvalue weighted by Crippen LogP contribution is 2.37. The maximum absolute atomic E-state index is 14.0. The van der Waals surface area contributed by atoms with Gasteiger partial charge in [0.15, 0.2) is 11.5 Å². The summed E-state index contributed by atoms with van der Waals surface area (Å²) in [4.78, 5) is 18.6. The maximum Gasteiger partial charge on any atom is 0.348 e. The van der Waals surface area contributed by atoms with Crippen LogP contribution in [0.5, 0.6) is 11.5 Å². The van der Waals surface area contributed by atoms with Gasteiger partial charge in [-0.2, -0.15) is 0 Å². The number of pyridine rings is 1. The quantitative estimate of drug-likeness (QED) is 0.165. The van der Waals surface area contributed by atoms with E-state index in [1.54, 1.807) is 37.4 Å². The van der Waals surface area contributed by atoms with Crippen molar-refractivity contribution in [3.05, 3.63) is 104 Å². The Balaban J connectivity index is 1.36. The number of carbonyl (C=O) groups is 1. The molecule has 1 aliphatic rings. The van der Waals surface area contributed by atoms with Crippen molar-refractivity contribution >= 4 is 46.2 Å². The second kappa shape index (κ2) is 12.9. The summed E-state index contributed by atoms with van der Waals surface area (Å²) in [5, 5.41) is 3.82. The van der Waals surface area contributed by atoms with Crippen LogP contribution in [0.3, 0.4) is 0 Å². The Morgan fingerprint density at radius 3 is 2.60 bits per heavy atom. The molecular weight excluding hydrogens is 574 g/mol. The Morgan fingerprint density at radius 2 is 1.88 bits per heavy atom. The topological polar surface area (TPSA) is 69.7 Å². The molecule has 0 radical (unpaired) electrons. The summed E-state index contributed by atoms with van der Waals surface area (Å²) in [5.74, 6) is 0.897. The second-order valence-electron chi connectivity index (χ2n) is 9.44. The Labute approximate surface area is 246 Å². The van der Waals surface area contributed by atoms with Gasteiger partial charge in [0.05, 0.1) is 29.4 Å². The maximum atomic E-state index is 14.0. The van der Waals surface area contributed by atoms with Gasteiger partial charge in [0.2, 0.25) is 0 Å². The van der Waals surface area contributed by atoms with Crippen LogP contribution in [0.1, 0.15) is 44.6 Å². The van der Waals surface area contributed by atoms with Gasteiger partial charge in [-0.15, -0.1) is 11.3 Å². The van der Waals surface area contributed by atoms with E-state index in [-0.39, 0.29) is 12.2 Å². The zero-order valence-corrected chi connectivity index (χ0v) is 24.0. The van der Waals surface area contributed by atoms with Crippen LogP contribution in [0.25, 0.3) is 0 Å². The molecule has 4 aromatic rings. The number of hydrogen-bond donors (Lipinski definition) is 1. The average Bonchev–Trinajstić information content (AvgIpc) is 3.67. The number of methoxy groups -OCH3 is 1. The Kier molecular flexibility index (Phi) is 9.09. The lowest BCUT2D eigenvalue weighted by atomic mass is 10.0. The van der Waals surface area contributed by atoms with E-state index in [9.17, 15) is 9.18 Å². The predicted molar refractivity (Wildman–Crippen MR) is 155 cm³/mol. The van der Waals surface area contributed by atoms with Crippen molar-refractivity contribution in [2.75, 3.05) is 19.0 Å². The van der Waals surface area contributed by atoms with E-state index in [4.69, 9.17) is 37.4 Å². The third kappa shape index (κ3) is 7.05. The fourth-order valence-electron chi connectivity index (χ4n) is 4.10. The van der Waals surface area contributed by atoms with E-state index in [1.165, 1.54) is 29.8 Å². The highest BCUT2D eigenvalue weighted by atomic mass is 35.5. The number of aromatic nitrogens is 1. The number of hydrogen-bond acceptors (Lipinski definition) is 7. The van der Waals surface area contributed by atoms with Gasteiger partial charge in [-0.25, -0.2) is 9.18 Å². The van der Waals surface area contributed by atoms with Crippen LogP contribution in [0.2, 0.25) is 10.0 Å². The van der Waals surface area contributed by atoms with E-state index in [0.717, 1.165) is 17.7 Å². The van der Waals surface area contributed by atoms with Crippen LogP contribution >= 0.6 is 34.5 Å². The Hall–Kier alpha value is -3.33. The Bertz CT molecular complexity index is 1470. The molecule has 6 nitrogen and oxygen atoms in total. The van der Waals surface area contributed by atoms with Gasteiger partial charge in [0.1, 0.15) is 16.8 Å². The Morgan fingerprint density at radius 1 is 1.10 bits per heavy atom. The molecule has 40 heavy (non-hydrogen) atoms. The number of esters is 1. The fraction of sp³-hybridized carbons (Fsp3) is 0.267. The standard InChI is InChI=1S/C30H27Cl2FN2O4S/c1-37-26-10-8-19(12-28(26)38-17-18-6-7-18)27(13-21-22(31)15-34-16-23(21)32)39-30(36)29-11-9-20(40-29)14-35-25-5-3-2-4-24(25)33/h2-5,8-12,15-16,18,27,35H,6-7,13-14,17H2,1H3/t27-/m0/s1. The van der Waals surface area contributed by atoms with E-state index in [2.05, 4.69) is 10.3 Å². The number of nitrogens with one attached hydrogen (secondary N) is 1. The summed E-state index contributed by atoms with van der Waals surface area (Å²) in [6.45, 7) is 0.968. The van der Waals surface area contributed by atoms with Crippen LogP contribution in [-0.2, 0) is 17.7 Å². The minimum Gasteiger partial charge on any atom is -0.493 e. The number of benzene rings is 2. The van der Waals surface area contributed by atoms with Gasteiger partial charge in [0.25, 0.3) is 0 Å². The summed E-state index contributed by atoms with van der Waals surface area (Å²) >= 11 is 14.1. The minimum atomic E-state index is -0.721. The van der Waals surface area contributed by atoms with Gasteiger partial charge in [0, 0.05) is 30.2 Å². The summed E-state index contributed by atoms with van der Waals surface area (Å²) in [6.07, 6.45) is 4.83. The summed E-state index contributed by atoms with van der Waals surface area (Å²) < 4.78 is 31.6. The van der Waals surface area contributed by atoms with Crippen molar-refractivity contribution in [3.63, 3.8) is 0 Å². The van der Waals surface area contributed by atoms with Gasteiger partial charge in [-0.3, -0.25) is 4.98 Å². The van der Waals surface area contributed by atoms with E-state index < -0.39 is 12.1 Å². The SMILES string of the molecule is COc1ccc([C@H](Cc2c(Cl)cncc2Cl)OC(=O)c2ccc(CNc3ccccc3F)s2)cc1OCC1CC1. The molecule has 0 amide bonds. The zero-order valence-electron chi connectivity index (χ0n) is 21.7. The molecule has 2 aromatic heterocycles. The molecule has 2 heterocycles. The molecule has 5 rings (SSSR count). The second-order valence-corrected chi connectivity index (χ2v) is 11.4. The molecule has 1 N–H and O–H groups in total. The van der Waals surface area contributed by atoms with Crippen LogP contribution < -0.4 is 14.8 Å².